The fraction of sp³-hybridized carbons (Fsp3) is 0.294. The molecular weight excluding hydrogens is 360 g/mol. The molecule has 1 aromatic rings. The van der Waals surface area contributed by atoms with Crippen LogP contribution in [-0.2, 0) is 19.1 Å². The summed E-state index contributed by atoms with van der Waals surface area (Å²) in [6.45, 7) is 0.302. The van der Waals surface area contributed by atoms with Crippen molar-refractivity contribution < 1.29 is 28.7 Å². The minimum Gasteiger partial charge on any atom is -0.465 e. The Labute approximate surface area is 154 Å². The number of benzene rings is 1. The number of hydrogen-bond acceptors (Lipinski definition) is 7. The lowest BCUT2D eigenvalue weighted by Crippen LogP contribution is -2.40. The molecule has 8 nitrogen and oxygen atoms in total. The molecule has 1 aromatic carbocycles. The summed E-state index contributed by atoms with van der Waals surface area (Å²) in [7, 11) is 2.79. The Balaban J connectivity index is 2.04. The molecule has 0 spiro atoms. The number of esters is 1. The molecule has 1 fully saturated rings. The lowest BCUT2D eigenvalue weighted by Gasteiger charge is -2.12. The molecule has 0 aliphatic carbocycles. The van der Waals surface area contributed by atoms with E-state index in [1.165, 1.54) is 20.3 Å². The van der Waals surface area contributed by atoms with Crippen molar-refractivity contribution in [1.82, 2.24) is 10.2 Å². The first kappa shape index (κ1) is 19.7. The van der Waals surface area contributed by atoms with Crippen molar-refractivity contribution in [2.75, 3.05) is 33.9 Å². The highest BCUT2D eigenvalue weighted by Gasteiger charge is 2.36. The van der Waals surface area contributed by atoms with Gasteiger partial charge in [0.15, 0.2) is 0 Å². The van der Waals surface area contributed by atoms with Crippen molar-refractivity contribution in [2.24, 2.45) is 0 Å². The summed E-state index contributed by atoms with van der Waals surface area (Å²) in [4.78, 5) is 48.6. The van der Waals surface area contributed by atoms with Crippen LogP contribution in [0, 0.1) is 0 Å². The van der Waals surface area contributed by atoms with Crippen molar-refractivity contribution in [2.45, 2.75) is 0 Å². The number of imide groups is 1. The number of nitrogens with one attached hydrogen (secondary N) is 1. The van der Waals surface area contributed by atoms with Crippen LogP contribution in [0.2, 0.25) is 0 Å². The van der Waals surface area contributed by atoms with Crippen LogP contribution in [0.3, 0.4) is 0 Å². The minimum atomic E-state index is -0.529. The number of amides is 3. The molecule has 0 aromatic heterocycles. The predicted octanol–water partition coefficient (Wildman–Crippen LogP) is 1.27. The third-order valence-electron chi connectivity index (χ3n) is 3.43. The quantitative estimate of drug-likeness (QED) is 0.433. The van der Waals surface area contributed by atoms with E-state index < -0.39 is 23.0 Å². The summed E-state index contributed by atoms with van der Waals surface area (Å²) in [6.07, 6.45) is 1.54. The Morgan fingerprint density at radius 3 is 2.50 bits per heavy atom. The molecule has 0 atom stereocenters. The molecule has 1 heterocycles. The molecule has 1 aliphatic heterocycles. The Kier molecular flexibility index (Phi) is 6.93. The molecule has 1 saturated heterocycles. The number of carbonyl (C=O) groups excluding carboxylic acids is 4. The monoisotopic (exact) mass is 378 g/mol. The molecule has 0 bridgehead atoms. The molecule has 26 heavy (non-hydrogen) atoms. The van der Waals surface area contributed by atoms with Crippen molar-refractivity contribution >= 4 is 40.9 Å². The summed E-state index contributed by atoms with van der Waals surface area (Å²) in [6, 6.07) is 6.39. The summed E-state index contributed by atoms with van der Waals surface area (Å²) < 4.78 is 9.43. The van der Waals surface area contributed by atoms with Crippen LogP contribution in [0.5, 0.6) is 0 Å². The van der Waals surface area contributed by atoms with E-state index in [-0.39, 0.29) is 11.4 Å². The van der Waals surface area contributed by atoms with Gasteiger partial charge < -0.3 is 14.8 Å². The minimum absolute atomic E-state index is 0.213. The number of methoxy groups -OCH3 is 2. The average Bonchev–Trinajstić information content (AvgIpc) is 2.89. The fourth-order valence-electron chi connectivity index (χ4n) is 2.11. The van der Waals surface area contributed by atoms with Gasteiger partial charge in [-0.25, -0.2) is 4.79 Å². The van der Waals surface area contributed by atoms with Gasteiger partial charge in [0.05, 0.1) is 24.2 Å². The molecule has 0 radical (unpaired) electrons. The van der Waals surface area contributed by atoms with E-state index >= 15 is 0 Å². The topological polar surface area (TPSA) is 102 Å². The zero-order valence-corrected chi connectivity index (χ0v) is 15.1. The molecule has 9 heteroatoms. The van der Waals surface area contributed by atoms with Crippen molar-refractivity contribution in [3.8, 4) is 0 Å². The zero-order valence-electron chi connectivity index (χ0n) is 14.3. The van der Waals surface area contributed by atoms with Gasteiger partial charge in [-0.1, -0.05) is 12.1 Å². The van der Waals surface area contributed by atoms with Crippen molar-refractivity contribution in [3.63, 3.8) is 0 Å². The van der Waals surface area contributed by atoms with E-state index in [1.54, 1.807) is 24.3 Å². The average molecular weight is 378 g/mol. The van der Waals surface area contributed by atoms with Crippen LogP contribution in [-0.4, -0.2) is 61.8 Å². The van der Waals surface area contributed by atoms with Gasteiger partial charge in [0.2, 0.25) is 5.91 Å². The third-order valence-corrected chi connectivity index (χ3v) is 4.34. The second-order valence-electron chi connectivity index (χ2n) is 5.22. The SMILES string of the molecule is COCCNC(=O)CN1C(=O)S/C(=C\c2ccc(C(=O)OC)cc2)C1=O. The highest BCUT2D eigenvalue weighted by molar-refractivity contribution is 8.18. The van der Waals surface area contributed by atoms with Gasteiger partial charge in [-0.2, -0.15) is 0 Å². The van der Waals surface area contributed by atoms with Crippen LogP contribution in [0.4, 0.5) is 4.79 Å². The van der Waals surface area contributed by atoms with E-state index in [1.807, 2.05) is 0 Å². The summed E-state index contributed by atoms with van der Waals surface area (Å²) in [5.74, 6) is -1.43. The first-order valence-corrected chi connectivity index (χ1v) is 8.47. The highest BCUT2D eigenvalue weighted by atomic mass is 32.2. The van der Waals surface area contributed by atoms with Gasteiger partial charge in [0.1, 0.15) is 6.54 Å². The van der Waals surface area contributed by atoms with Crippen LogP contribution in [0.15, 0.2) is 29.2 Å². The maximum atomic E-state index is 12.3. The Morgan fingerprint density at radius 2 is 1.88 bits per heavy atom. The zero-order chi connectivity index (χ0) is 19.1. The van der Waals surface area contributed by atoms with Gasteiger partial charge in [-0.3, -0.25) is 19.3 Å². The number of rotatable bonds is 7. The Hall–Kier alpha value is -2.65. The molecule has 3 amide bonds. The normalized spacial score (nSPS) is 15.5. The number of carbonyl (C=O) groups is 4. The molecule has 0 saturated carbocycles. The van der Waals surface area contributed by atoms with Crippen molar-refractivity contribution in [1.29, 1.82) is 0 Å². The summed E-state index contributed by atoms with van der Waals surface area (Å²) in [5.41, 5.74) is 1.03. The van der Waals surface area contributed by atoms with Gasteiger partial charge in [-0.15, -0.1) is 0 Å². The second kappa shape index (κ2) is 9.16. The predicted molar refractivity (Wildman–Crippen MR) is 95.3 cm³/mol. The number of thioether (sulfide) groups is 1. The third kappa shape index (κ3) is 4.93. The van der Waals surface area contributed by atoms with E-state index in [4.69, 9.17) is 4.74 Å². The first-order valence-electron chi connectivity index (χ1n) is 7.65. The van der Waals surface area contributed by atoms with Gasteiger partial charge >= 0.3 is 5.97 Å². The smallest absolute Gasteiger partial charge is 0.337 e. The van der Waals surface area contributed by atoms with E-state index in [0.29, 0.717) is 24.3 Å². The number of ether oxygens (including phenoxy) is 2. The Bertz CT molecular complexity index is 744. The lowest BCUT2D eigenvalue weighted by molar-refractivity contribution is -0.129. The molecule has 0 unspecified atom stereocenters. The number of nitrogens with zero attached hydrogens (tertiary/aromatic N) is 1. The summed E-state index contributed by atoms with van der Waals surface area (Å²) >= 11 is 0.764. The van der Waals surface area contributed by atoms with E-state index in [9.17, 15) is 19.2 Å². The first-order chi connectivity index (χ1) is 12.5. The van der Waals surface area contributed by atoms with Gasteiger partial charge in [0, 0.05) is 13.7 Å². The fourth-order valence-corrected chi connectivity index (χ4v) is 2.95. The van der Waals surface area contributed by atoms with E-state index in [0.717, 1.165) is 16.7 Å². The van der Waals surface area contributed by atoms with Crippen molar-refractivity contribution in [3.05, 3.63) is 40.3 Å². The molecule has 1 N–H and O–H groups in total. The van der Waals surface area contributed by atoms with Gasteiger partial charge in [-0.05, 0) is 35.5 Å². The standard InChI is InChI=1S/C17H18N2O6S/c1-24-8-7-18-14(20)10-19-15(21)13(26-17(19)23)9-11-3-5-12(6-4-11)16(22)25-2/h3-6,9H,7-8,10H2,1-2H3,(H,18,20)/b13-9-. The van der Waals surface area contributed by atoms with E-state index in [2.05, 4.69) is 10.1 Å². The lowest BCUT2D eigenvalue weighted by atomic mass is 10.1. The summed E-state index contributed by atoms with van der Waals surface area (Å²) in [5, 5.41) is 2.05. The molecule has 138 valence electrons. The highest BCUT2D eigenvalue weighted by Crippen LogP contribution is 2.32. The van der Waals surface area contributed by atoms with Gasteiger partial charge in [0.25, 0.3) is 11.1 Å². The second-order valence-corrected chi connectivity index (χ2v) is 6.22. The Morgan fingerprint density at radius 1 is 1.19 bits per heavy atom. The van der Waals surface area contributed by atoms with Crippen LogP contribution in [0.25, 0.3) is 6.08 Å². The maximum absolute atomic E-state index is 12.3. The largest absolute Gasteiger partial charge is 0.465 e. The van der Waals surface area contributed by atoms with Crippen LogP contribution >= 0.6 is 11.8 Å². The maximum Gasteiger partial charge on any atom is 0.337 e. The molecule has 1 aliphatic rings. The molecule has 2 rings (SSSR count). The molecular formula is C17H18N2O6S. The number of hydrogen-bond donors (Lipinski definition) is 1. The van der Waals surface area contributed by atoms with Crippen LogP contribution in [0.1, 0.15) is 15.9 Å². The van der Waals surface area contributed by atoms with Crippen LogP contribution < -0.4 is 5.32 Å².